The molecule has 1 spiro atoms. The molecule has 0 saturated carbocycles. The fourth-order valence-electron chi connectivity index (χ4n) is 5.92. The Balaban J connectivity index is 2.14. The summed E-state index contributed by atoms with van der Waals surface area (Å²) in [6.45, 7) is 13.6. The lowest BCUT2D eigenvalue weighted by molar-refractivity contribution is -0.156. The number of rotatable bonds is 10. The number of amides is 2. The number of halogens is 1. The van der Waals surface area contributed by atoms with Crippen molar-refractivity contribution in [2.75, 3.05) is 19.8 Å². The summed E-state index contributed by atoms with van der Waals surface area (Å²) in [5.74, 6) is -2.44. The van der Waals surface area contributed by atoms with Gasteiger partial charge in [0.2, 0.25) is 11.8 Å². The second kappa shape index (κ2) is 10.0. The molecule has 3 fully saturated rings. The quantitative estimate of drug-likeness (QED) is 0.265. The summed E-state index contributed by atoms with van der Waals surface area (Å²) in [7, 11) is 0. The van der Waals surface area contributed by atoms with Crippen LogP contribution in [0.4, 0.5) is 0 Å². The number of carbonyl (C=O) groups is 3. The smallest absolute Gasteiger partial charge is 0.312 e. The number of likely N-dealkylation sites (tertiary alicyclic amines) is 1. The van der Waals surface area contributed by atoms with Crippen LogP contribution in [-0.4, -0.2) is 87.1 Å². The van der Waals surface area contributed by atoms with Crippen LogP contribution >= 0.6 is 15.9 Å². The number of hydrogen-bond acceptors (Lipinski definition) is 6. The van der Waals surface area contributed by atoms with Gasteiger partial charge in [-0.25, -0.2) is 0 Å². The molecule has 2 bridgehead atoms. The van der Waals surface area contributed by atoms with Crippen molar-refractivity contribution in [3.8, 4) is 0 Å². The first kappa shape index (κ1) is 26.2. The predicted molar refractivity (Wildman–Crippen MR) is 127 cm³/mol. The highest BCUT2D eigenvalue weighted by Crippen LogP contribution is 2.60. The molecule has 2 amide bonds. The first-order valence-corrected chi connectivity index (χ1v) is 12.8. The van der Waals surface area contributed by atoms with Gasteiger partial charge in [0.15, 0.2) is 0 Å². The van der Waals surface area contributed by atoms with E-state index in [4.69, 9.17) is 9.47 Å². The minimum absolute atomic E-state index is 0.125. The third kappa shape index (κ3) is 4.25. The average molecular weight is 529 g/mol. The lowest BCUT2D eigenvalue weighted by atomic mass is 9.70. The molecular formula is C24H37BrN2O6. The van der Waals surface area contributed by atoms with Crippen molar-refractivity contribution in [2.24, 2.45) is 17.8 Å². The molecule has 0 aromatic rings. The SMILES string of the molecule is C=CCN(C(=O)C1N([C@@H](CO)CC(C)C)C(=O)[C@@H]2[C@@H](C(=O)OCC)[C@@H]3OC12CC3Br)C(C)C. The zero-order valence-corrected chi connectivity index (χ0v) is 21.8. The van der Waals surface area contributed by atoms with Crippen LogP contribution in [-0.2, 0) is 23.9 Å². The third-order valence-electron chi connectivity index (χ3n) is 7.10. The number of fused-ring (bicyclic) bond motifs is 1. The van der Waals surface area contributed by atoms with Gasteiger partial charge in [0.05, 0.1) is 37.2 Å². The average Bonchev–Trinajstić information content (AvgIpc) is 3.33. The molecule has 0 radical (unpaired) electrons. The Kier molecular flexibility index (Phi) is 7.96. The summed E-state index contributed by atoms with van der Waals surface area (Å²) in [4.78, 5) is 44.0. The molecule has 8 nitrogen and oxygen atoms in total. The van der Waals surface area contributed by atoms with Crippen LogP contribution in [0.1, 0.15) is 47.5 Å². The fourth-order valence-corrected chi connectivity index (χ4v) is 6.86. The normalized spacial score (nSPS) is 33.5. The lowest BCUT2D eigenvalue weighted by Crippen LogP contribution is -2.60. The Bertz CT molecular complexity index is 789. The molecule has 3 aliphatic rings. The summed E-state index contributed by atoms with van der Waals surface area (Å²) < 4.78 is 11.8. The van der Waals surface area contributed by atoms with Gasteiger partial charge in [-0.3, -0.25) is 14.4 Å². The number of ether oxygens (including phenoxy) is 2. The molecule has 3 heterocycles. The maximum atomic E-state index is 14.1. The van der Waals surface area contributed by atoms with Gasteiger partial charge < -0.3 is 24.4 Å². The van der Waals surface area contributed by atoms with E-state index in [0.29, 0.717) is 19.4 Å². The zero-order chi connectivity index (χ0) is 24.7. The van der Waals surface area contributed by atoms with Crippen molar-refractivity contribution in [3.63, 3.8) is 0 Å². The van der Waals surface area contributed by atoms with E-state index in [1.54, 1.807) is 17.9 Å². The first-order chi connectivity index (χ1) is 15.5. The maximum absolute atomic E-state index is 14.1. The van der Waals surface area contributed by atoms with Gasteiger partial charge >= 0.3 is 5.97 Å². The minimum Gasteiger partial charge on any atom is -0.466 e. The molecule has 3 rings (SSSR count). The summed E-state index contributed by atoms with van der Waals surface area (Å²) in [5, 5.41) is 10.3. The van der Waals surface area contributed by atoms with Gasteiger partial charge in [-0.2, -0.15) is 0 Å². The minimum atomic E-state index is -1.15. The van der Waals surface area contributed by atoms with Crippen molar-refractivity contribution in [3.05, 3.63) is 12.7 Å². The van der Waals surface area contributed by atoms with Gasteiger partial charge in [0, 0.05) is 17.4 Å². The third-order valence-corrected chi connectivity index (χ3v) is 7.94. The Hall–Kier alpha value is -1.45. The molecule has 1 N–H and O–H groups in total. The summed E-state index contributed by atoms with van der Waals surface area (Å²) >= 11 is 3.64. The van der Waals surface area contributed by atoms with E-state index in [1.807, 2.05) is 27.7 Å². The van der Waals surface area contributed by atoms with Crippen LogP contribution in [0.15, 0.2) is 12.7 Å². The Morgan fingerprint density at radius 3 is 2.58 bits per heavy atom. The molecule has 0 aromatic carbocycles. The van der Waals surface area contributed by atoms with Gasteiger partial charge in [-0.05, 0) is 39.5 Å². The van der Waals surface area contributed by atoms with E-state index >= 15 is 0 Å². The van der Waals surface area contributed by atoms with E-state index in [2.05, 4.69) is 22.5 Å². The fraction of sp³-hybridized carbons (Fsp3) is 0.792. The second-order valence-corrected chi connectivity index (χ2v) is 11.2. The van der Waals surface area contributed by atoms with Crippen LogP contribution in [0.25, 0.3) is 0 Å². The van der Waals surface area contributed by atoms with Crippen LogP contribution in [0.3, 0.4) is 0 Å². The van der Waals surface area contributed by atoms with Crippen LogP contribution in [0, 0.1) is 17.8 Å². The Labute approximate surface area is 204 Å². The highest BCUT2D eigenvalue weighted by atomic mass is 79.9. The number of aliphatic hydroxyl groups excluding tert-OH is 1. The predicted octanol–water partition coefficient (Wildman–Crippen LogP) is 2.13. The first-order valence-electron chi connectivity index (χ1n) is 11.9. The molecule has 3 aliphatic heterocycles. The van der Waals surface area contributed by atoms with Crippen LogP contribution in [0.5, 0.6) is 0 Å². The molecule has 186 valence electrons. The van der Waals surface area contributed by atoms with Crippen molar-refractivity contribution in [2.45, 2.75) is 82.1 Å². The molecule has 9 heteroatoms. The molecule has 0 aromatic heterocycles. The highest BCUT2D eigenvalue weighted by molar-refractivity contribution is 9.09. The number of aliphatic hydroxyl groups is 1. The summed E-state index contributed by atoms with van der Waals surface area (Å²) in [6.07, 6.45) is 2.08. The van der Waals surface area contributed by atoms with Gasteiger partial charge in [0.25, 0.3) is 0 Å². The van der Waals surface area contributed by atoms with Crippen LogP contribution in [0.2, 0.25) is 0 Å². The standard InChI is InChI=1S/C24H37BrN2O6/c1-7-9-26(14(5)6)22(30)20-24-11-16(25)19(33-24)17(23(31)32-8-2)18(24)21(29)27(20)15(12-28)10-13(3)4/h7,13-20,28H,1,8-12H2,2-6H3/t15-,16?,17-,18+,19-,20?,24?/m1/s1. The van der Waals surface area contributed by atoms with E-state index in [9.17, 15) is 19.5 Å². The van der Waals surface area contributed by atoms with Crippen LogP contribution < -0.4 is 0 Å². The molecular weight excluding hydrogens is 492 g/mol. The summed E-state index contributed by atoms with van der Waals surface area (Å²) in [5.41, 5.74) is -1.15. The van der Waals surface area contributed by atoms with Crippen molar-refractivity contribution in [1.82, 2.24) is 9.80 Å². The maximum Gasteiger partial charge on any atom is 0.312 e. The van der Waals surface area contributed by atoms with E-state index in [0.717, 1.165) is 0 Å². The van der Waals surface area contributed by atoms with Crippen molar-refractivity contribution >= 4 is 33.7 Å². The number of alkyl halides is 1. The van der Waals surface area contributed by atoms with E-state index in [1.165, 1.54) is 4.90 Å². The van der Waals surface area contributed by atoms with Gasteiger partial charge in [-0.1, -0.05) is 35.9 Å². The highest BCUT2D eigenvalue weighted by Gasteiger charge is 2.77. The van der Waals surface area contributed by atoms with Crippen molar-refractivity contribution < 1.29 is 29.0 Å². The van der Waals surface area contributed by atoms with E-state index in [-0.39, 0.29) is 41.8 Å². The number of carbonyl (C=O) groups excluding carboxylic acids is 3. The Morgan fingerprint density at radius 1 is 1.39 bits per heavy atom. The lowest BCUT2D eigenvalue weighted by Gasteiger charge is -2.40. The molecule has 3 saturated heterocycles. The summed E-state index contributed by atoms with van der Waals surface area (Å²) in [6, 6.07) is -1.61. The van der Waals surface area contributed by atoms with Gasteiger partial charge in [-0.15, -0.1) is 6.58 Å². The second-order valence-electron chi connectivity index (χ2n) is 10.0. The molecule has 7 atom stereocenters. The van der Waals surface area contributed by atoms with Crippen molar-refractivity contribution in [1.29, 1.82) is 0 Å². The van der Waals surface area contributed by atoms with Gasteiger partial charge in [0.1, 0.15) is 11.6 Å². The molecule has 0 aliphatic carbocycles. The monoisotopic (exact) mass is 528 g/mol. The number of nitrogens with zero attached hydrogens (tertiary/aromatic N) is 2. The topological polar surface area (TPSA) is 96.4 Å². The largest absolute Gasteiger partial charge is 0.466 e. The Morgan fingerprint density at radius 2 is 2.06 bits per heavy atom. The molecule has 3 unspecified atom stereocenters. The molecule has 33 heavy (non-hydrogen) atoms. The number of hydrogen-bond donors (Lipinski definition) is 1. The number of esters is 1. The zero-order valence-electron chi connectivity index (χ0n) is 20.2. The van der Waals surface area contributed by atoms with E-state index < -0.39 is 41.6 Å².